The number of hydrogen-bond acceptors (Lipinski definition) is 5. The third-order valence-corrected chi connectivity index (χ3v) is 3.98. The van der Waals surface area contributed by atoms with Crippen LogP contribution in [0.1, 0.15) is 25.3 Å². The number of para-hydroxylation sites is 1. The molecule has 1 aromatic heterocycles. The van der Waals surface area contributed by atoms with Gasteiger partial charge in [0.05, 0.1) is 12.3 Å². The van der Waals surface area contributed by atoms with E-state index in [4.69, 9.17) is 4.74 Å². The summed E-state index contributed by atoms with van der Waals surface area (Å²) in [6, 6.07) is 8.11. The third kappa shape index (κ3) is 4.32. The molecule has 0 aliphatic heterocycles. The number of rotatable bonds is 7. The Bertz CT molecular complexity index is 598. The highest BCUT2D eigenvalue weighted by Crippen LogP contribution is 2.22. The van der Waals surface area contributed by atoms with Gasteiger partial charge >= 0.3 is 5.97 Å². The first-order valence-electron chi connectivity index (χ1n) is 6.96. The van der Waals surface area contributed by atoms with Crippen molar-refractivity contribution in [1.29, 1.82) is 0 Å². The zero-order valence-corrected chi connectivity index (χ0v) is 13.1. The molecule has 0 aliphatic rings. The second-order valence-corrected chi connectivity index (χ2v) is 5.59. The minimum atomic E-state index is -0.140. The molecule has 0 radical (unpaired) electrons. The molecule has 0 spiro atoms. The van der Waals surface area contributed by atoms with Crippen LogP contribution >= 0.6 is 11.8 Å². The summed E-state index contributed by atoms with van der Waals surface area (Å²) in [7, 11) is 0. The molecule has 0 saturated heterocycles. The third-order valence-electron chi connectivity index (χ3n) is 2.95. The maximum Gasteiger partial charge on any atom is 0.305 e. The lowest BCUT2D eigenvalue weighted by Gasteiger charge is -2.08. The van der Waals surface area contributed by atoms with Gasteiger partial charge in [-0.3, -0.25) is 9.36 Å². The number of aromatic nitrogens is 3. The van der Waals surface area contributed by atoms with Crippen molar-refractivity contribution in [2.24, 2.45) is 0 Å². The van der Waals surface area contributed by atoms with E-state index in [0.717, 1.165) is 23.0 Å². The van der Waals surface area contributed by atoms with Crippen molar-refractivity contribution in [3.8, 4) is 5.69 Å². The van der Waals surface area contributed by atoms with Crippen LogP contribution in [0.15, 0.2) is 35.7 Å². The van der Waals surface area contributed by atoms with Gasteiger partial charge in [0.25, 0.3) is 0 Å². The molecular weight excluding hydrogens is 286 g/mol. The van der Waals surface area contributed by atoms with E-state index in [1.807, 2.05) is 29.7 Å². The van der Waals surface area contributed by atoms with Gasteiger partial charge in [0.1, 0.15) is 6.33 Å². The van der Waals surface area contributed by atoms with Crippen molar-refractivity contribution < 1.29 is 9.53 Å². The second-order valence-electron chi connectivity index (χ2n) is 4.53. The SMILES string of the molecule is CCOC(=O)CCCSc1nncn1-c1ccccc1C. The molecule has 0 N–H and O–H groups in total. The fourth-order valence-corrected chi connectivity index (χ4v) is 2.80. The molecule has 2 rings (SSSR count). The molecule has 5 nitrogen and oxygen atoms in total. The maximum absolute atomic E-state index is 11.3. The van der Waals surface area contributed by atoms with Crippen LogP contribution in [0.25, 0.3) is 5.69 Å². The standard InChI is InChI=1S/C15H19N3O2S/c1-3-20-14(19)9-6-10-21-15-17-16-11-18(15)13-8-5-4-7-12(13)2/h4-5,7-8,11H,3,6,9-10H2,1-2H3. The Morgan fingerprint density at radius 1 is 1.38 bits per heavy atom. The van der Waals surface area contributed by atoms with Crippen LogP contribution in [0.2, 0.25) is 0 Å². The monoisotopic (exact) mass is 305 g/mol. The highest BCUT2D eigenvalue weighted by Gasteiger charge is 2.09. The van der Waals surface area contributed by atoms with Crippen molar-refractivity contribution in [1.82, 2.24) is 14.8 Å². The molecule has 0 saturated carbocycles. The average Bonchev–Trinajstić information content (AvgIpc) is 2.93. The summed E-state index contributed by atoms with van der Waals surface area (Å²) in [5.41, 5.74) is 2.25. The second kappa shape index (κ2) is 7.83. The van der Waals surface area contributed by atoms with Crippen molar-refractivity contribution in [2.45, 2.75) is 31.8 Å². The van der Waals surface area contributed by atoms with Crippen LogP contribution in [-0.4, -0.2) is 33.1 Å². The predicted molar refractivity (Wildman–Crippen MR) is 82.7 cm³/mol. The summed E-state index contributed by atoms with van der Waals surface area (Å²) in [5.74, 6) is 0.669. The maximum atomic E-state index is 11.3. The summed E-state index contributed by atoms with van der Waals surface area (Å²) in [4.78, 5) is 11.3. The number of carbonyl (C=O) groups excluding carboxylic acids is 1. The average molecular weight is 305 g/mol. The number of thioether (sulfide) groups is 1. The predicted octanol–water partition coefficient (Wildman–Crippen LogP) is 3.01. The molecule has 6 heteroatoms. The number of aryl methyl sites for hydroxylation is 1. The Balaban J connectivity index is 1.93. The normalized spacial score (nSPS) is 10.6. The van der Waals surface area contributed by atoms with Crippen LogP contribution in [0, 0.1) is 6.92 Å². The van der Waals surface area contributed by atoms with E-state index < -0.39 is 0 Å². The van der Waals surface area contributed by atoms with Gasteiger partial charge in [0.15, 0.2) is 5.16 Å². The van der Waals surface area contributed by atoms with E-state index in [9.17, 15) is 4.79 Å². The van der Waals surface area contributed by atoms with Gasteiger partial charge in [0, 0.05) is 12.2 Å². The van der Waals surface area contributed by atoms with Crippen LogP contribution < -0.4 is 0 Å². The number of esters is 1. The fraction of sp³-hybridized carbons (Fsp3) is 0.400. The number of hydrogen-bond donors (Lipinski definition) is 0. The van der Waals surface area contributed by atoms with Crippen LogP contribution in [0.4, 0.5) is 0 Å². The van der Waals surface area contributed by atoms with Crippen LogP contribution in [-0.2, 0) is 9.53 Å². The molecule has 0 aliphatic carbocycles. The van der Waals surface area contributed by atoms with Gasteiger partial charge in [-0.1, -0.05) is 30.0 Å². The van der Waals surface area contributed by atoms with E-state index in [1.54, 1.807) is 18.1 Å². The summed E-state index contributed by atoms with van der Waals surface area (Å²) >= 11 is 1.60. The van der Waals surface area contributed by atoms with Crippen molar-refractivity contribution in [3.63, 3.8) is 0 Å². The lowest BCUT2D eigenvalue weighted by atomic mass is 10.2. The molecule has 1 heterocycles. The Morgan fingerprint density at radius 2 is 2.19 bits per heavy atom. The summed E-state index contributed by atoms with van der Waals surface area (Å²) in [6.45, 7) is 4.31. The van der Waals surface area contributed by atoms with Crippen molar-refractivity contribution in [3.05, 3.63) is 36.2 Å². The van der Waals surface area contributed by atoms with Gasteiger partial charge in [-0.05, 0) is 31.9 Å². The lowest BCUT2D eigenvalue weighted by Crippen LogP contribution is -2.04. The molecule has 0 unspecified atom stereocenters. The Morgan fingerprint density at radius 3 is 2.95 bits per heavy atom. The first-order valence-corrected chi connectivity index (χ1v) is 7.95. The number of benzene rings is 1. The van der Waals surface area contributed by atoms with Crippen LogP contribution in [0.3, 0.4) is 0 Å². The topological polar surface area (TPSA) is 57.0 Å². The number of nitrogens with zero attached hydrogens (tertiary/aromatic N) is 3. The largest absolute Gasteiger partial charge is 0.466 e. The highest BCUT2D eigenvalue weighted by atomic mass is 32.2. The van der Waals surface area contributed by atoms with Crippen LogP contribution in [0.5, 0.6) is 0 Å². The smallest absolute Gasteiger partial charge is 0.305 e. The van der Waals surface area contributed by atoms with E-state index in [1.165, 1.54) is 5.56 Å². The first-order chi connectivity index (χ1) is 10.2. The molecular formula is C15H19N3O2S. The minimum absolute atomic E-state index is 0.140. The van der Waals surface area contributed by atoms with Gasteiger partial charge < -0.3 is 4.74 Å². The number of carbonyl (C=O) groups is 1. The van der Waals surface area contributed by atoms with Gasteiger partial charge in [-0.25, -0.2) is 0 Å². The lowest BCUT2D eigenvalue weighted by molar-refractivity contribution is -0.143. The number of ether oxygens (including phenoxy) is 1. The Kier molecular flexibility index (Phi) is 5.80. The van der Waals surface area contributed by atoms with E-state index in [0.29, 0.717) is 13.0 Å². The van der Waals surface area contributed by atoms with Crippen molar-refractivity contribution in [2.75, 3.05) is 12.4 Å². The van der Waals surface area contributed by atoms with E-state index in [-0.39, 0.29) is 5.97 Å². The summed E-state index contributed by atoms with van der Waals surface area (Å²) < 4.78 is 6.88. The first kappa shape index (κ1) is 15.6. The molecule has 21 heavy (non-hydrogen) atoms. The van der Waals surface area contributed by atoms with E-state index in [2.05, 4.69) is 23.2 Å². The Hall–Kier alpha value is -1.82. The Labute approximate surface area is 128 Å². The summed E-state index contributed by atoms with van der Waals surface area (Å²) in [6.07, 6.45) is 2.93. The van der Waals surface area contributed by atoms with Gasteiger partial charge in [-0.2, -0.15) is 0 Å². The van der Waals surface area contributed by atoms with E-state index >= 15 is 0 Å². The molecule has 0 amide bonds. The van der Waals surface area contributed by atoms with Gasteiger partial charge in [0.2, 0.25) is 0 Å². The molecule has 2 aromatic rings. The quantitative estimate of drug-likeness (QED) is 0.447. The highest BCUT2D eigenvalue weighted by molar-refractivity contribution is 7.99. The zero-order chi connectivity index (χ0) is 15.1. The summed E-state index contributed by atoms with van der Waals surface area (Å²) in [5, 5.41) is 8.97. The molecule has 1 aromatic carbocycles. The molecule has 0 fully saturated rings. The zero-order valence-electron chi connectivity index (χ0n) is 12.3. The minimum Gasteiger partial charge on any atom is -0.466 e. The molecule has 112 valence electrons. The molecule has 0 bridgehead atoms. The molecule has 0 atom stereocenters. The van der Waals surface area contributed by atoms with Gasteiger partial charge in [-0.15, -0.1) is 10.2 Å². The fourth-order valence-electron chi connectivity index (χ4n) is 1.93. The van der Waals surface area contributed by atoms with Crippen molar-refractivity contribution >= 4 is 17.7 Å².